The Morgan fingerprint density at radius 3 is 2.00 bits per heavy atom. The van der Waals surface area contributed by atoms with Gasteiger partial charge in [-0.3, -0.25) is 0 Å². The van der Waals surface area contributed by atoms with Crippen molar-refractivity contribution in [1.82, 2.24) is 0 Å². The van der Waals surface area contributed by atoms with E-state index in [1.165, 1.54) is 44.9 Å². The van der Waals surface area contributed by atoms with Crippen LogP contribution < -0.4 is 5.73 Å². The summed E-state index contributed by atoms with van der Waals surface area (Å²) < 4.78 is 5.42. The fourth-order valence-corrected chi connectivity index (χ4v) is 1.45. The molecular formula is C12H27NO. The molecule has 0 rings (SSSR count). The molecule has 0 heterocycles. The summed E-state index contributed by atoms with van der Waals surface area (Å²) in [5.41, 5.74) is 5.36. The maximum Gasteiger partial charge on any atom is 0.0478 e. The number of nitrogens with two attached hydrogens (primary N) is 1. The maximum atomic E-state index is 5.42. The lowest BCUT2D eigenvalue weighted by Gasteiger charge is -2.03. The third kappa shape index (κ3) is 11.9. The molecule has 0 aliphatic rings. The Balaban J connectivity index is 2.78. The van der Waals surface area contributed by atoms with Crippen molar-refractivity contribution in [2.45, 2.75) is 58.3 Å². The van der Waals surface area contributed by atoms with Gasteiger partial charge in [-0.15, -0.1) is 0 Å². The molecule has 0 radical (unpaired) electrons. The fraction of sp³-hybridized carbons (Fsp3) is 1.00. The summed E-state index contributed by atoms with van der Waals surface area (Å²) in [4.78, 5) is 0. The van der Waals surface area contributed by atoms with Gasteiger partial charge in [-0.05, 0) is 19.4 Å². The van der Waals surface area contributed by atoms with Crippen molar-refractivity contribution in [1.29, 1.82) is 0 Å². The highest BCUT2D eigenvalue weighted by molar-refractivity contribution is 4.45. The Bertz CT molecular complexity index is 84.3. The number of hydrogen-bond donors (Lipinski definition) is 1. The van der Waals surface area contributed by atoms with E-state index in [0.29, 0.717) is 0 Å². The second kappa shape index (κ2) is 12.9. The summed E-state index contributed by atoms with van der Waals surface area (Å²) in [5, 5.41) is 0. The summed E-state index contributed by atoms with van der Waals surface area (Å²) in [6, 6.07) is 0. The van der Waals surface area contributed by atoms with Crippen molar-refractivity contribution in [2.24, 2.45) is 5.73 Å². The Morgan fingerprint density at radius 2 is 1.36 bits per heavy atom. The molecule has 0 unspecified atom stereocenters. The van der Waals surface area contributed by atoms with E-state index in [1.54, 1.807) is 0 Å². The van der Waals surface area contributed by atoms with Crippen LogP contribution >= 0.6 is 0 Å². The minimum atomic E-state index is 0.747. The van der Waals surface area contributed by atoms with Crippen molar-refractivity contribution < 1.29 is 4.74 Å². The first-order chi connectivity index (χ1) is 6.91. The molecule has 0 bridgehead atoms. The Hall–Kier alpha value is -0.0800. The molecule has 0 fully saturated rings. The molecule has 86 valence electrons. The molecule has 0 aromatic heterocycles. The lowest BCUT2D eigenvalue weighted by atomic mass is 10.1. The molecule has 0 amide bonds. The van der Waals surface area contributed by atoms with E-state index in [-0.39, 0.29) is 0 Å². The third-order valence-electron chi connectivity index (χ3n) is 2.39. The number of ether oxygens (including phenoxy) is 1. The zero-order valence-corrected chi connectivity index (χ0v) is 9.76. The molecule has 0 aromatic rings. The van der Waals surface area contributed by atoms with Gasteiger partial charge in [0.15, 0.2) is 0 Å². The quantitative estimate of drug-likeness (QED) is 0.521. The van der Waals surface area contributed by atoms with E-state index < -0.39 is 0 Å². The van der Waals surface area contributed by atoms with Crippen LogP contribution in [0.5, 0.6) is 0 Å². The summed E-state index contributed by atoms with van der Waals surface area (Å²) in [6.45, 7) is 4.77. The highest BCUT2D eigenvalue weighted by Gasteiger charge is 1.91. The van der Waals surface area contributed by atoms with Crippen LogP contribution in [0.3, 0.4) is 0 Å². The van der Waals surface area contributed by atoms with Crippen LogP contribution in [0, 0.1) is 0 Å². The molecule has 14 heavy (non-hydrogen) atoms. The first kappa shape index (κ1) is 13.9. The van der Waals surface area contributed by atoms with Crippen LogP contribution in [0.2, 0.25) is 0 Å². The second-order valence-electron chi connectivity index (χ2n) is 3.88. The Kier molecular flexibility index (Phi) is 12.8. The van der Waals surface area contributed by atoms with Gasteiger partial charge in [-0.25, -0.2) is 0 Å². The molecule has 2 N–H and O–H groups in total. The van der Waals surface area contributed by atoms with Crippen LogP contribution in [0.1, 0.15) is 58.3 Å². The molecule has 0 aliphatic carbocycles. The van der Waals surface area contributed by atoms with Crippen molar-refractivity contribution in [3.8, 4) is 0 Å². The largest absolute Gasteiger partial charge is 0.381 e. The highest BCUT2D eigenvalue weighted by atomic mass is 16.5. The smallest absolute Gasteiger partial charge is 0.0478 e. The standard InChI is InChI=1S/C12H27NO/c1-2-3-4-5-6-7-8-11-14-12-9-10-13/h2-13H2,1H3. The fourth-order valence-electron chi connectivity index (χ4n) is 1.45. The minimum absolute atomic E-state index is 0.747. The van der Waals surface area contributed by atoms with E-state index >= 15 is 0 Å². The predicted molar refractivity (Wildman–Crippen MR) is 62.5 cm³/mol. The first-order valence-corrected chi connectivity index (χ1v) is 6.19. The van der Waals surface area contributed by atoms with E-state index in [1.807, 2.05) is 0 Å². The highest BCUT2D eigenvalue weighted by Crippen LogP contribution is 2.06. The van der Waals surface area contributed by atoms with Gasteiger partial charge in [0.05, 0.1) is 0 Å². The van der Waals surface area contributed by atoms with Gasteiger partial charge in [0.2, 0.25) is 0 Å². The van der Waals surface area contributed by atoms with Gasteiger partial charge in [-0.2, -0.15) is 0 Å². The van der Waals surface area contributed by atoms with Crippen LogP contribution in [0.15, 0.2) is 0 Å². The number of unbranched alkanes of at least 4 members (excludes halogenated alkanes) is 6. The molecule has 0 spiro atoms. The molecule has 0 saturated carbocycles. The van der Waals surface area contributed by atoms with Crippen molar-refractivity contribution in [3.63, 3.8) is 0 Å². The summed E-state index contributed by atoms with van der Waals surface area (Å²) in [5.74, 6) is 0. The molecule has 2 heteroatoms. The van der Waals surface area contributed by atoms with E-state index in [9.17, 15) is 0 Å². The second-order valence-corrected chi connectivity index (χ2v) is 3.88. The van der Waals surface area contributed by atoms with Gasteiger partial charge >= 0.3 is 0 Å². The molecule has 0 atom stereocenters. The third-order valence-corrected chi connectivity index (χ3v) is 2.39. The normalized spacial score (nSPS) is 10.7. The zero-order valence-electron chi connectivity index (χ0n) is 9.76. The lowest BCUT2D eigenvalue weighted by molar-refractivity contribution is 0.129. The molecular weight excluding hydrogens is 174 g/mol. The number of rotatable bonds is 11. The average molecular weight is 201 g/mol. The molecule has 0 aromatic carbocycles. The first-order valence-electron chi connectivity index (χ1n) is 6.19. The van der Waals surface area contributed by atoms with Gasteiger partial charge in [0, 0.05) is 13.2 Å². The van der Waals surface area contributed by atoms with Gasteiger partial charge in [-0.1, -0.05) is 45.4 Å². The average Bonchev–Trinajstić information content (AvgIpc) is 2.21. The zero-order chi connectivity index (χ0) is 10.5. The minimum Gasteiger partial charge on any atom is -0.381 e. The molecule has 0 saturated heterocycles. The summed E-state index contributed by atoms with van der Waals surface area (Å²) in [6.07, 6.45) is 10.5. The Morgan fingerprint density at radius 1 is 0.786 bits per heavy atom. The van der Waals surface area contributed by atoms with Crippen LogP contribution in [0.4, 0.5) is 0 Å². The maximum absolute atomic E-state index is 5.42. The van der Waals surface area contributed by atoms with E-state index in [4.69, 9.17) is 10.5 Å². The molecule has 0 aliphatic heterocycles. The monoisotopic (exact) mass is 201 g/mol. The van der Waals surface area contributed by atoms with Gasteiger partial charge in [0.1, 0.15) is 0 Å². The summed E-state index contributed by atoms with van der Waals surface area (Å²) >= 11 is 0. The SMILES string of the molecule is CCCCCCCCCOCCCN. The van der Waals surface area contributed by atoms with Gasteiger partial charge in [0.25, 0.3) is 0 Å². The predicted octanol–water partition coefficient (Wildman–Crippen LogP) is 3.10. The number of hydrogen-bond acceptors (Lipinski definition) is 2. The Labute approximate surface area is 89.2 Å². The van der Waals surface area contributed by atoms with E-state index in [2.05, 4.69) is 6.92 Å². The van der Waals surface area contributed by atoms with Crippen molar-refractivity contribution in [3.05, 3.63) is 0 Å². The van der Waals surface area contributed by atoms with Crippen LogP contribution in [0.25, 0.3) is 0 Å². The van der Waals surface area contributed by atoms with Crippen molar-refractivity contribution in [2.75, 3.05) is 19.8 Å². The van der Waals surface area contributed by atoms with E-state index in [0.717, 1.165) is 26.2 Å². The molecule has 2 nitrogen and oxygen atoms in total. The van der Waals surface area contributed by atoms with Crippen LogP contribution in [-0.2, 0) is 4.74 Å². The summed E-state index contributed by atoms with van der Waals surface area (Å²) in [7, 11) is 0. The van der Waals surface area contributed by atoms with Gasteiger partial charge < -0.3 is 10.5 Å². The lowest BCUT2D eigenvalue weighted by Crippen LogP contribution is -2.04. The topological polar surface area (TPSA) is 35.2 Å². The van der Waals surface area contributed by atoms with Crippen LogP contribution in [-0.4, -0.2) is 19.8 Å². The van der Waals surface area contributed by atoms with Crippen molar-refractivity contribution >= 4 is 0 Å².